The summed E-state index contributed by atoms with van der Waals surface area (Å²) in [5, 5.41) is 0. The topological polar surface area (TPSA) is 108 Å². The van der Waals surface area contributed by atoms with Gasteiger partial charge in [0.05, 0.1) is 14.2 Å². The molecule has 1 rings (SSSR count). The van der Waals surface area contributed by atoms with E-state index in [1.165, 1.54) is 31.5 Å². The molecule has 18 heavy (non-hydrogen) atoms. The van der Waals surface area contributed by atoms with Crippen molar-refractivity contribution >= 4 is 23.6 Å². The zero-order chi connectivity index (χ0) is 13.5. The van der Waals surface area contributed by atoms with Crippen LogP contribution in [0.3, 0.4) is 0 Å². The Labute approximate surface area is 104 Å². The molecule has 0 aliphatic heterocycles. The van der Waals surface area contributed by atoms with Crippen LogP contribution in [0.2, 0.25) is 0 Å². The number of anilines is 2. The Morgan fingerprint density at radius 3 is 2.22 bits per heavy atom. The van der Waals surface area contributed by atoms with Crippen molar-refractivity contribution in [1.29, 1.82) is 0 Å². The maximum atomic E-state index is 11.3. The van der Waals surface area contributed by atoms with E-state index in [1.54, 1.807) is 0 Å². The molecule has 0 radical (unpaired) electrons. The molecule has 1 heterocycles. The van der Waals surface area contributed by atoms with E-state index >= 15 is 0 Å². The van der Waals surface area contributed by atoms with E-state index < -0.39 is 11.9 Å². The standard InChI is InChI=1S/C10H14N4O4/c1-17-9(15)4-14(5-10(16)18-2)8-3-7(11)12-6-13-8/h3,6H,4-5H2,1-2H3,(H2,11,12,13). The number of nitrogens with two attached hydrogens (primary N) is 1. The van der Waals surface area contributed by atoms with Crippen LogP contribution in [0.1, 0.15) is 0 Å². The van der Waals surface area contributed by atoms with Crippen LogP contribution in [0, 0.1) is 0 Å². The van der Waals surface area contributed by atoms with Crippen molar-refractivity contribution in [2.24, 2.45) is 0 Å². The second-order valence-corrected chi connectivity index (χ2v) is 3.31. The SMILES string of the molecule is COC(=O)CN(CC(=O)OC)c1cc(N)ncn1. The van der Waals surface area contributed by atoms with Crippen LogP contribution in [0.4, 0.5) is 11.6 Å². The van der Waals surface area contributed by atoms with Crippen LogP contribution < -0.4 is 10.6 Å². The number of nitrogen functional groups attached to an aromatic ring is 1. The number of carbonyl (C=O) groups excluding carboxylic acids is 2. The molecule has 0 aliphatic rings. The average Bonchev–Trinajstić information content (AvgIpc) is 2.37. The number of carbonyl (C=O) groups is 2. The number of ether oxygens (including phenoxy) is 2. The summed E-state index contributed by atoms with van der Waals surface area (Å²) in [4.78, 5) is 31.6. The third-order valence-electron chi connectivity index (χ3n) is 2.09. The van der Waals surface area contributed by atoms with E-state index in [2.05, 4.69) is 19.4 Å². The van der Waals surface area contributed by atoms with Crippen LogP contribution in [-0.4, -0.2) is 49.2 Å². The van der Waals surface area contributed by atoms with E-state index in [0.29, 0.717) is 5.82 Å². The summed E-state index contributed by atoms with van der Waals surface area (Å²) in [6.07, 6.45) is 1.24. The molecule has 0 aromatic carbocycles. The minimum Gasteiger partial charge on any atom is -0.468 e. The molecule has 1 aromatic rings. The van der Waals surface area contributed by atoms with Crippen molar-refractivity contribution in [2.45, 2.75) is 0 Å². The molecular formula is C10H14N4O4. The van der Waals surface area contributed by atoms with Gasteiger partial charge >= 0.3 is 11.9 Å². The van der Waals surface area contributed by atoms with Gasteiger partial charge in [-0.3, -0.25) is 9.59 Å². The first-order chi connectivity index (χ1) is 8.56. The molecule has 0 bridgehead atoms. The van der Waals surface area contributed by atoms with Gasteiger partial charge in [-0.15, -0.1) is 0 Å². The van der Waals surface area contributed by atoms with Gasteiger partial charge < -0.3 is 20.1 Å². The molecule has 8 nitrogen and oxygen atoms in total. The molecule has 0 unspecified atom stereocenters. The minimum absolute atomic E-state index is 0.137. The predicted molar refractivity (Wildman–Crippen MR) is 62.7 cm³/mol. The zero-order valence-corrected chi connectivity index (χ0v) is 10.1. The summed E-state index contributed by atoms with van der Waals surface area (Å²) >= 11 is 0. The van der Waals surface area contributed by atoms with E-state index in [9.17, 15) is 9.59 Å². The number of nitrogens with zero attached hydrogens (tertiary/aromatic N) is 3. The van der Waals surface area contributed by atoms with Crippen LogP contribution in [0.5, 0.6) is 0 Å². The second kappa shape index (κ2) is 6.38. The Morgan fingerprint density at radius 1 is 1.22 bits per heavy atom. The van der Waals surface area contributed by atoms with Crippen molar-refractivity contribution < 1.29 is 19.1 Å². The van der Waals surface area contributed by atoms with Crippen LogP contribution in [0.15, 0.2) is 12.4 Å². The van der Waals surface area contributed by atoms with Crippen LogP contribution in [0.25, 0.3) is 0 Å². The van der Waals surface area contributed by atoms with Gasteiger partial charge in [0.25, 0.3) is 0 Å². The molecule has 0 saturated heterocycles. The fraction of sp³-hybridized carbons (Fsp3) is 0.400. The Hall–Kier alpha value is -2.38. The lowest BCUT2D eigenvalue weighted by Gasteiger charge is -2.20. The van der Waals surface area contributed by atoms with E-state index in [-0.39, 0.29) is 18.9 Å². The Bertz CT molecular complexity index is 420. The van der Waals surface area contributed by atoms with Crippen molar-refractivity contribution in [3.63, 3.8) is 0 Å². The van der Waals surface area contributed by atoms with Gasteiger partial charge in [-0.2, -0.15) is 0 Å². The van der Waals surface area contributed by atoms with Crippen molar-refractivity contribution in [3.8, 4) is 0 Å². The smallest absolute Gasteiger partial charge is 0.325 e. The lowest BCUT2D eigenvalue weighted by atomic mass is 10.4. The third kappa shape index (κ3) is 3.89. The monoisotopic (exact) mass is 254 g/mol. The van der Waals surface area contributed by atoms with Crippen molar-refractivity contribution in [3.05, 3.63) is 12.4 Å². The van der Waals surface area contributed by atoms with Gasteiger partial charge in [-0.25, -0.2) is 9.97 Å². The van der Waals surface area contributed by atoms with Gasteiger partial charge in [0.15, 0.2) is 0 Å². The number of methoxy groups -OCH3 is 2. The van der Waals surface area contributed by atoms with Gasteiger partial charge in [-0.05, 0) is 0 Å². The van der Waals surface area contributed by atoms with Crippen molar-refractivity contribution in [1.82, 2.24) is 9.97 Å². The molecule has 0 amide bonds. The highest BCUT2D eigenvalue weighted by Gasteiger charge is 2.17. The maximum Gasteiger partial charge on any atom is 0.325 e. The van der Waals surface area contributed by atoms with Gasteiger partial charge in [0.2, 0.25) is 0 Å². The largest absolute Gasteiger partial charge is 0.468 e. The highest BCUT2D eigenvalue weighted by atomic mass is 16.5. The number of hydrogen-bond donors (Lipinski definition) is 1. The number of rotatable bonds is 5. The Morgan fingerprint density at radius 2 is 1.78 bits per heavy atom. The molecule has 0 spiro atoms. The summed E-state index contributed by atoms with van der Waals surface area (Å²) in [5.74, 6) is -0.426. The number of esters is 2. The second-order valence-electron chi connectivity index (χ2n) is 3.31. The molecule has 2 N–H and O–H groups in total. The Balaban J connectivity index is 2.88. The van der Waals surface area contributed by atoms with E-state index in [0.717, 1.165) is 0 Å². The number of hydrogen-bond acceptors (Lipinski definition) is 8. The fourth-order valence-electron chi connectivity index (χ4n) is 1.19. The molecule has 1 aromatic heterocycles. The highest BCUT2D eigenvalue weighted by molar-refractivity contribution is 5.80. The first-order valence-corrected chi connectivity index (χ1v) is 5.03. The average molecular weight is 254 g/mol. The van der Waals surface area contributed by atoms with Gasteiger partial charge in [-0.1, -0.05) is 0 Å². The quantitative estimate of drug-likeness (QED) is 0.681. The van der Waals surface area contributed by atoms with Crippen LogP contribution >= 0.6 is 0 Å². The predicted octanol–water partition coefficient (Wildman–Crippen LogP) is -0.789. The minimum atomic E-state index is -0.504. The normalized spacial score (nSPS) is 9.67. The summed E-state index contributed by atoms with van der Waals surface area (Å²) in [6, 6.07) is 1.45. The van der Waals surface area contributed by atoms with Gasteiger partial charge in [0.1, 0.15) is 31.1 Å². The van der Waals surface area contributed by atoms with Crippen molar-refractivity contribution in [2.75, 3.05) is 37.9 Å². The summed E-state index contributed by atoms with van der Waals surface area (Å²) < 4.78 is 9.08. The molecule has 8 heteroatoms. The third-order valence-corrected chi connectivity index (χ3v) is 2.09. The molecular weight excluding hydrogens is 240 g/mol. The maximum absolute atomic E-state index is 11.3. The molecule has 98 valence electrons. The molecule has 0 fully saturated rings. The zero-order valence-electron chi connectivity index (χ0n) is 10.1. The summed E-state index contributed by atoms with van der Waals surface area (Å²) in [5.41, 5.74) is 5.51. The van der Waals surface area contributed by atoms with Gasteiger partial charge in [0, 0.05) is 6.07 Å². The van der Waals surface area contributed by atoms with E-state index in [4.69, 9.17) is 5.73 Å². The lowest BCUT2D eigenvalue weighted by Crippen LogP contribution is -2.36. The highest BCUT2D eigenvalue weighted by Crippen LogP contribution is 2.11. The first kappa shape index (κ1) is 13.7. The fourth-order valence-corrected chi connectivity index (χ4v) is 1.19. The summed E-state index contributed by atoms with van der Waals surface area (Å²) in [7, 11) is 2.51. The first-order valence-electron chi connectivity index (χ1n) is 5.03. The Kier molecular flexibility index (Phi) is 4.85. The molecule has 0 saturated carbocycles. The molecule has 0 atom stereocenters. The lowest BCUT2D eigenvalue weighted by molar-refractivity contribution is -0.140. The molecule has 0 aliphatic carbocycles. The number of aromatic nitrogens is 2. The summed E-state index contributed by atoms with van der Waals surface area (Å²) in [6.45, 7) is -0.274. The van der Waals surface area contributed by atoms with Crippen LogP contribution in [-0.2, 0) is 19.1 Å². The van der Waals surface area contributed by atoms with E-state index in [1.807, 2.05) is 0 Å².